The van der Waals surface area contributed by atoms with Crippen molar-refractivity contribution in [3.8, 4) is 0 Å². The largest absolute Gasteiger partial charge is 0.481 e. The first kappa shape index (κ1) is 59.6. The van der Waals surface area contributed by atoms with Gasteiger partial charge in [-0.25, -0.2) is 9.59 Å². The summed E-state index contributed by atoms with van der Waals surface area (Å²) in [7, 11) is 0. The number of amides is 4. The Kier molecular flexibility index (Phi) is 26.5. The molecule has 5 N–H and O–H groups in total. The average molecular weight is 919 g/mol. The molecule has 64 heavy (non-hydrogen) atoms. The Bertz CT molecular complexity index is 1510. The molecule has 0 fully saturated rings. The number of carboxylic acid groups (broad SMARTS) is 1. The van der Waals surface area contributed by atoms with Gasteiger partial charge in [-0.1, -0.05) is 13.8 Å². The second-order valence-corrected chi connectivity index (χ2v) is 19.7. The van der Waals surface area contributed by atoms with Crippen LogP contribution in [0, 0.1) is 10.8 Å². The Morgan fingerprint density at radius 3 is 1.34 bits per heavy atom. The molecule has 0 aromatic rings. The van der Waals surface area contributed by atoms with Crippen molar-refractivity contribution in [3.63, 3.8) is 0 Å². The summed E-state index contributed by atoms with van der Waals surface area (Å²) in [5.41, 5.74) is -3.80. The van der Waals surface area contributed by atoms with Gasteiger partial charge in [-0.05, 0) is 101 Å². The maximum Gasteiger partial charge on any atom is 0.329 e. The maximum atomic E-state index is 13.2. The number of carbonyl (C=O) groups is 8. The van der Waals surface area contributed by atoms with Gasteiger partial charge in [0.25, 0.3) is 0 Å². The third-order valence-electron chi connectivity index (χ3n) is 8.22. The average Bonchev–Trinajstić information content (AvgIpc) is 3.10. The zero-order chi connectivity index (χ0) is 49.4. The predicted octanol–water partition coefficient (Wildman–Crippen LogP) is 2.76. The third kappa shape index (κ3) is 32.3. The molecular formula is C44H78N4O16. The van der Waals surface area contributed by atoms with Crippen molar-refractivity contribution in [2.75, 3.05) is 65.9 Å². The van der Waals surface area contributed by atoms with Crippen LogP contribution in [0.15, 0.2) is 0 Å². The van der Waals surface area contributed by atoms with Gasteiger partial charge in [-0.3, -0.25) is 28.8 Å². The standard InChI is InChI=1S/C44H78N4O16/c1-40(2,3)62-37(55)30(47-33(50)26-43(10,11)29-44(12,13)39(57)64-42(7,8)9)14-16-32(49)45-18-20-58-22-24-60-27-34(51)46-19-21-59-23-25-61-28-35(52)48-31(15-17-36(53)54)38(56)63-41(4,5)6/h30-31H,14-29H2,1-13H3,(H,45,49)(H,46,51)(H,47,50)(H,48,52)(H,53,54)/t30-,31-/m0/s1. The van der Waals surface area contributed by atoms with Crippen LogP contribution in [0.3, 0.4) is 0 Å². The molecular weight excluding hydrogens is 840 g/mol. The quantitative estimate of drug-likeness (QED) is 0.0380. The summed E-state index contributed by atoms with van der Waals surface area (Å²) in [6.45, 7) is 23.3. The van der Waals surface area contributed by atoms with Gasteiger partial charge in [0.15, 0.2) is 0 Å². The van der Waals surface area contributed by atoms with Crippen molar-refractivity contribution >= 4 is 47.5 Å². The van der Waals surface area contributed by atoms with Crippen LogP contribution in [0.5, 0.6) is 0 Å². The lowest BCUT2D eigenvalue weighted by molar-refractivity contribution is -0.168. The topological polar surface area (TPSA) is 270 Å². The molecule has 0 aliphatic heterocycles. The van der Waals surface area contributed by atoms with E-state index in [0.29, 0.717) is 6.42 Å². The lowest BCUT2D eigenvalue weighted by Gasteiger charge is -2.35. The fourth-order valence-electron chi connectivity index (χ4n) is 5.88. The van der Waals surface area contributed by atoms with Gasteiger partial charge in [0.1, 0.15) is 42.1 Å². The minimum Gasteiger partial charge on any atom is -0.481 e. The lowest BCUT2D eigenvalue weighted by Crippen LogP contribution is -2.46. The van der Waals surface area contributed by atoms with Crippen LogP contribution < -0.4 is 21.3 Å². The summed E-state index contributed by atoms with van der Waals surface area (Å²) in [4.78, 5) is 99.2. The highest BCUT2D eigenvalue weighted by Crippen LogP contribution is 2.38. The maximum absolute atomic E-state index is 13.2. The normalized spacial score (nSPS) is 13.2. The summed E-state index contributed by atoms with van der Waals surface area (Å²) < 4.78 is 37.7. The molecule has 0 spiro atoms. The monoisotopic (exact) mass is 919 g/mol. The minimum atomic E-state index is -1.14. The minimum absolute atomic E-state index is 0.00610. The molecule has 0 heterocycles. The SMILES string of the molecule is CC(C)(CC(=O)N[C@@H](CCC(=O)NCCOCCOCC(=O)NCCOCCOCC(=O)N[C@@H](CCC(=O)O)C(=O)OC(C)(C)C)C(=O)OC(C)(C)C)CC(C)(C)C(=O)OC(C)(C)C. The first-order valence-electron chi connectivity index (χ1n) is 21.6. The van der Waals surface area contributed by atoms with Gasteiger partial charge in [-0.2, -0.15) is 0 Å². The second-order valence-electron chi connectivity index (χ2n) is 19.7. The second kappa shape index (κ2) is 28.5. The molecule has 0 bridgehead atoms. The van der Waals surface area contributed by atoms with Gasteiger partial charge in [0, 0.05) is 32.4 Å². The van der Waals surface area contributed by atoms with Crippen molar-refractivity contribution in [2.45, 2.75) is 157 Å². The van der Waals surface area contributed by atoms with E-state index in [1.165, 1.54) is 0 Å². The van der Waals surface area contributed by atoms with E-state index in [-0.39, 0.29) is 116 Å². The molecule has 0 radical (unpaired) electrons. The van der Waals surface area contributed by atoms with E-state index in [2.05, 4.69) is 21.3 Å². The molecule has 2 atom stereocenters. The highest BCUT2D eigenvalue weighted by atomic mass is 16.6. The van der Waals surface area contributed by atoms with E-state index in [9.17, 15) is 38.4 Å². The highest BCUT2D eigenvalue weighted by molar-refractivity contribution is 5.86. The number of rotatable bonds is 31. The van der Waals surface area contributed by atoms with Gasteiger partial charge >= 0.3 is 23.9 Å². The summed E-state index contributed by atoms with van der Waals surface area (Å²) >= 11 is 0. The van der Waals surface area contributed by atoms with Crippen molar-refractivity contribution in [1.82, 2.24) is 21.3 Å². The summed E-state index contributed by atoms with van der Waals surface area (Å²) in [6, 6.07) is -2.21. The van der Waals surface area contributed by atoms with E-state index in [1.807, 2.05) is 13.8 Å². The molecule has 0 aliphatic carbocycles. The first-order chi connectivity index (χ1) is 29.3. The van der Waals surface area contributed by atoms with Gasteiger partial charge in [0.05, 0.1) is 45.1 Å². The predicted molar refractivity (Wildman–Crippen MR) is 234 cm³/mol. The Labute approximate surface area is 379 Å². The molecule has 0 saturated carbocycles. The van der Waals surface area contributed by atoms with Crippen LogP contribution in [-0.4, -0.2) is 147 Å². The van der Waals surface area contributed by atoms with Crippen molar-refractivity contribution in [2.24, 2.45) is 10.8 Å². The Hall–Kier alpha value is -4.40. The Morgan fingerprint density at radius 2 is 0.891 bits per heavy atom. The molecule has 370 valence electrons. The van der Waals surface area contributed by atoms with E-state index < -0.39 is 69.4 Å². The summed E-state index contributed by atoms with van der Waals surface area (Å²) in [6.07, 6.45) is -0.196. The molecule has 0 aromatic carbocycles. The number of nitrogens with one attached hydrogen (secondary N) is 4. The van der Waals surface area contributed by atoms with E-state index in [0.717, 1.165) is 0 Å². The fraction of sp³-hybridized carbons (Fsp3) is 0.818. The van der Waals surface area contributed by atoms with E-state index >= 15 is 0 Å². The van der Waals surface area contributed by atoms with Crippen molar-refractivity contribution < 1.29 is 76.6 Å². The summed E-state index contributed by atoms with van der Waals surface area (Å²) in [5.74, 6) is -4.68. The number of aliphatic carboxylic acids is 1. The van der Waals surface area contributed by atoms with Crippen LogP contribution in [0.25, 0.3) is 0 Å². The smallest absolute Gasteiger partial charge is 0.329 e. The van der Waals surface area contributed by atoms with E-state index in [4.69, 9.17) is 38.3 Å². The third-order valence-corrected chi connectivity index (χ3v) is 8.22. The van der Waals surface area contributed by atoms with Crippen molar-refractivity contribution in [1.29, 1.82) is 0 Å². The summed E-state index contributed by atoms with van der Waals surface area (Å²) in [5, 5.41) is 19.4. The van der Waals surface area contributed by atoms with E-state index in [1.54, 1.807) is 76.2 Å². The van der Waals surface area contributed by atoms with Crippen LogP contribution in [0.4, 0.5) is 0 Å². The zero-order valence-corrected chi connectivity index (χ0v) is 40.5. The Morgan fingerprint density at radius 1 is 0.484 bits per heavy atom. The molecule has 20 nitrogen and oxygen atoms in total. The number of hydrogen-bond donors (Lipinski definition) is 5. The zero-order valence-electron chi connectivity index (χ0n) is 40.5. The molecule has 20 heteroatoms. The Balaban J connectivity index is 4.41. The highest BCUT2D eigenvalue weighted by Gasteiger charge is 2.39. The number of esters is 3. The van der Waals surface area contributed by atoms with Gasteiger partial charge in [0.2, 0.25) is 23.6 Å². The molecule has 0 aromatic heterocycles. The van der Waals surface area contributed by atoms with Crippen molar-refractivity contribution in [3.05, 3.63) is 0 Å². The molecule has 4 amide bonds. The molecule has 0 saturated heterocycles. The lowest BCUT2D eigenvalue weighted by atomic mass is 9.73. The van der Waals surface area contributed by atoms with Crippen LogP contribution in [0.2, 0.25) is 0 Å². The molecule has 0 rings (SSSR count). The van der Waals surface area contributed by atoms with Gasteiger partial charge < -0.3 is 59.5 Å². The molecule has 0 unspecified atom stereocenters. The number of ether oxygens (including phenoxy) is 7. The number of carboxylic acids is 1. The fourth-order valence-corrected chi connectivity index (χ4v) is 5.88. The molecule has 0 aliphatic rings. The number of hydrogen-bond acceptors (Lipinski definition) is 15. The van der Waals surface area contributed by atoms with Crippen LogP contribution >= 0.6 is 0 Å². The van der Waals surface area contributed by atoms with Crippen LogP contribution in [0.1, 0.15) is 129 Å². The van der Waals surface area contributed by atoms with Gasteiger partial charge in [-0.15, -0.1) is 0 Å². The van der Waals surface area contributed by atoms with Crippen LogP contribution in [-0.2, 0) is 71.5 Å². The first-order valence-corrected chi connectivity index (χ1v) is 21.6. The number of carbonyl (C=O) groups excluding carboxylic acids is 7.